The highest BCUT2D eigenvalue weighted by Crippen LogP contribution is 2.25. The minimum Gasteiger partial charge on any atom is -0.385 e. The van der Waals surface area contributed by atoms with E-state index in [1.54, 1.807) is 12.0 Å². The fraction of sp³-hybridized carbons (Fsp3) is 0.529. The first kappa shape index (κ1) is 16.5. The van der Waals surface area contributed by atoms with Crippen molar-refractivity contribution in [1.29, 1.82) is 0 Å². The van der Waals surface area contributed by atoms with Crippen LogP contribution in [0.2, 0.25) is 0 Å². The molecular weight excluding hydrogens is 280 g/mol. The lowest BCUT2D eigenvalue weighted by Crippen LogP contribution is -2.37. The van der Waals surface area contributed by atoms with E-state index in [-0.39, 0.29) is 11.8 Å². The van der Waals surface area contributed by atoms with E-state index in [1.807, 2.05) is 24.3 Å². The Morgan fingerprint density at radius 3 is 2.73 bits per heavy atom. The van der Waals surface area contributed by atoms with Crippen LogP contribution < -0.4 is 10.2 Å². The maximum Gasteiger partial charge on any atom is 0.239 e. The molecule has 1 saturated heterocycles. The van der Waals surface area contributed by atoms with Gasteiger partial charge in [0, 0.05) is 32.5 Å². The molecule has 1 heterocycles. The number of aryl methyl sites for hydroxylation is 1. The number of carbonyl (C=O) groups is 2. The number of anilines is 1. The smallest absolute Gasteiger partial charge is 0.239 e. The zero-order valence-electron chi connectivity index (χ0n) is 13.3. The van der Waals surface area contributed by atoms with Gasteiger partial charge in [0.2, 0.25) is 11.8 Å². The summed E-state index contributed by atoms with van der Waals surface area (Å²) in [5.41, 5.74) is 2.11. The van der Waals surface area contributed by atoms with Crippen LogP contribution in [0, 0.1) is 5.92 Å². The fourth-order valence-electron chi connectivity index (χ4n) is 2.64. The molecule has 1 aromatic carbocycles. The minimum absolute atomic E-state index is 0.103. The first-order chi connectivity index (χ1) is 10.7. The van der Waals surface area contributed by atoms with Gasteiger partial charge in [-0.05, 0) is 37.0 Å². The van der Waals surface area contributed by atoms with E-state index in [1.165, 1.54) is 5.56 Å². The zero-order chi connectivity index (χ0) is 15.9. The van der Waals surface area contributed by atoms with E-state index >= 15 is 0 Å². The second-order valence-corrected chi connectivity index (χ2v) is 5.49. The van der Waals surface area contributed by atoms with Crippen molar-refractivity contribution in [3.05, 3.63) is 29.8 Å². The van der Waals surface area contributed by atoms with Gasteiger partial charge in [-0.15, -0.1) is 0 Å². The van der Waals surface area contributed by atoms with Crippen LogP contribution in [0.4, 0.5) is 5.69 Å². The Bertz CT molecular complexity index is 513. The van der Waals surface area contributed by atoms with Crippen molar-refractivity contribution >= 4 is 17.5 Å². The Morgan fingerprint density at radius 2 is 2.09 bits per heavy atom. The van der Waals surface area contributed by atoms with Crippen LogP contribution >= 0.6 is 0 Å². The summed E-state index contributed by atoms with van der Waals surface area (Å²) in [5, 5.41) is 2.81. The summed E-state index contributed by atoms with van der Waals surface area (Å²) in [6.07, 6.45) is 2.30. The molecule has 0 aliphatic carbocycles. The summed E-state index contributed by atoms with van der Waals surface area (Å²) in [6, 6.07) is 7.97. The first-order valence-electron chi connectivity index (χ1n) is 7.84. The Hall–Kier alpha value is -1.88. The molecule has 0 radical (unpaired) electrons. The number of benzene rings is 1. The summed E-state index contributed by atoms with van der Waals surface area (Å²) < 4.78 is 4.94. The van der Waals surface area contributed by atoms with Crippen LogP contribution in [0.1, 0.15) is 25.3 Å². The number of methoxy groups -OCH3 is 1. The van der Waals surface area contributed by atoms with E-state index < -0.39 is 5.92 Å². The highest BCUT2D eigenvalue weighted by atomic mass is 16.5. The lowest BCUT2D eigenvalue weighted by molar-refractivity contribution is -0.132. The van der Waals surface area contributed by atoms with Crippen LogP contribution in [0.15, 0.2) is 24.3 Å². The molecule has 0 spiro atoms. The number of rotatable bonds is 7. The molecule has 0 aromatic heterocycles. The molecule has 5 nitrogen and oxygen atoms in total. The molecule has 2 amide bonds. The van der Waals surface area contributed by atoms with E-state index in [4.69, 9.17) is 4.74 Å². The number of hydrogen-bond donors (Lipinski definition) is 1. The van der Waals surface area contributed by atoms with Crippen molar-refractivity contribution in [2.45, 2.75) is 26.2 Å². The van der Waals surface area contributed by atoms with Crippen LogP contribution in [-0.2, 0) is 20.7 Å². The van der Waals surface area contributed by atoms with Crippen molar-refractivity contribution in [2.75, 3.05) is 31.7 Å². The zero-order valence-corrected chi connectivity index (χ0v) is 13.3. The Labute approximate surface area is 131 Å². The van der Waals surface area contributed by atoms with Crippen LogP contribution in [0.25, 0.3) is 0 Å². The molecule has 0 saturated carbocycles. The third-order valence-electron chi connectivity index (χ3n) is 4.00. The molecule has 1 aliphatic rings. The number of ether oxygens (including phenoxy) is 1. The molecule has 120 valence electrons. The van der Waals surface area contributed by atoms with Gasteiger partial charge in [0.15, 0.2) is 0 Å². The molecule has 1 unspecified atom stereocenters. The normalized spacial score (nSPS) is 17.8. The van der Waals surface area contributed by atoms with Crippen molar-refractivity contribution < 1.29 is 14.3 Å². The third-order valence-corrected chi connectivity index (χ3v) is 4.00. The standard InChI is InChI=1S/C17H24N2O3/c1-3-13-5-7-14(8-6-13)19-11-9-15(17(19)21)16(20)18-10-4-12-22-2/h5-8,15H,3-4,9-12H2,1-2H3,(H,18,20). The predicted molar refractivity (Wildman–Crippen MR) is 85.8 cm³/mol. The van der Waals surface area contributed by atoms with Crippen LogP contribution in [-0.4, -0.2) is 38.6 Å². The van der Waals surface area contributed by atoms with Gasteiger partial charge in [0.1, 0.15) is 5.92 Å². The van der Waals surface area contributed by atoms with Gasteiger partial charge >= 0.3 is 0 Å². The van der Waals surface area contributed by atoms with Crippen molar-refractivity contribution in [1.82, 2.24) is 5.32 Å². The summed E-state index contributed by atoms with van der Waals surface area (Å²) in [7, 11) is 1.63. The van der Waals surface area contributed by atoms with Gasteiger partial charge in [-0.3, -0.25) is 9.59 Å². The van der Waals surface area contributed by atoms with E-state index in [0.29, 0.717) is 26.1 Å². The second-order valence-electron chi connectivity index (χ2n) is 5.49. The van der Waals surface area contributed by atoms with Crippen molar-refractivity contribution in [3.63, 3.8) is 0 Å². The van der Waals surface area contributed by atoms with Gasteiger partial charge in [-0.1, -0.05) is 19.1 Å². The number of nitrogens with one attached hydrogen (secondary N) is 1. The largest absolute Gasteiger partial charge is 0.385 e. The van der Waals surface area contributed by atoms with Crippen molar-refractivity contribution in [2.24, 2.45) is 5.92 Å². The van der Waals surface area contributed by atoms with E-state index in [0.717, 1.165) is 18.5 Å². The van der Waals surface area contributed by atoms with Gasteiger partial charge in [0.05, 0.1) is 0 Å². The third kappa shape index (κ3) is 3.85. The Morgan fingerprint density at radius 1 is 1.36 bits per heavy atom. The summed E-state index contributed by atoms with van der Waals surface area (Å²) in [5.74, 6) is -0.837. The first-order valence-corrected chi connectivity index (χ1v) is 7.84. The molecule has 0 bridgehead atoms. The van der Waals surface area contributed by atoms with Gasteiger partial charge in [-0.2, -0.15) is 0 Å². The topological polar surface area (TPSA) is 58.6 Å². The monoisotopic (exact) mass is 304 g/mol. The molecular formula is C17H24N2O3. The average molecular weight is 304 g/mol. The SMILES string of the molecule is CCc1ccc(N2CCC(C(=O)NCCCOC)C2=O)cc1. The fourth-order valence-corrected chi connectivity index (χ4v) is 2.64. The minimum atomic E-state index is -0.562. The lowest BCUT2D eigenvalue weighted by atomic mass is 10.1. The molecule has 1 N–H and O–H groups in total. The van der Waals surface area contributed by atoms with E-state index in [9.17, 15) is 9.59 Å². The molecule has 2 rings (SSSR count). The summed E-state index contributed by atoms with van der Waals surface area (Å²) in [4.78, 5) is 26.2. The summed E-state index contributed by atoms with van der Waals surface area (Å²) in [6.45, 7) is 3.84. The predicted octanol–water partition coefficient (Wildman–Crippen LogP) is 1.75. The van der Waals surface area contributed by atoms with Crippen LogP contribution in [0.3, 0.4) is 0 Å². The second kappa shape index (κ2) is 7.94. The molecule has 1 aromatic rings. The molecule has 1 atom stereocenters. The molecule has 22 heavy (non-hydrogen) atoms. The number of amides is 2. The quantitative estimate of drug-likeness (QED) is 0.617. The highest BCUT2D eigenvalue weighted by molar-refractivity contribution is 6.09. The Kier molecular flexibility index (Phi) is 5.95. The number of carbonyl (C=O) groups excluding carboxylic acids is 2. The highest BCUT2D eigenvalue weighted by Gasteiger charge is 2.37. The van der Waals surface area contributed by atoms with Crippen molar-refractivity contribution in [3.8, 4) is 0 Å². The van der Waals surface area contributed by atoms with Crippen LogP contribution in [0.5, 0.6) is 0 Å². The van der Waals surface area contributed by atoms with E-state index in [2.05, 4.69) is 12.2 Å². The van der Waals surface area contributed by atoms with Gasteiger partial charge in [-0.25, -0.2) is 0 Å². The van der Waals surface area contributed by atoms with Gasteiger partial charge in [0.25, 0.3) is 0 Å². The Balaban J connectivity index is 1.92. The maximum atomic E-state index is 12.4. The molecule has 1 fully saturated rings. The average Bonchev–Trinajstić information content (AvgIpc) is 2.93. The molecule has 1 aliphatic heterocycles. The number of nitrogens with zero attached hydrogens (tertiary/aromatic N) is 1. The van der Waals surface area contributed by atoms with Gasteiger partial charge < -0.3 is 15.0 Å². The summed E-state index contributed by atoms with van der Waals surface area (Å²) >= 11 is 0. The molecule has 5 heteroatoms. The lowest BCUT2D eigenvalue weighted by Gasteiger charge is -2.17. The maximum absolute atomic E-state index is 12.4. The number of hydrogen-bond acceptors (Lipinski definition) is 3.